The minimum atomic E-state index is 0.219. The topological polar surface area (TPSA) is 110 Å². The van der Waals surface area contributed by atoms with Crippen molar-refractivity contribution in [1.29, 1.82) is 0 Å². The third kappa shape index (κ3) is 2.99. The van der Waals surface area contributed by atoms with E-state index in [9.17, 15) is 5.11 Å². The molecule has 0 aliphatic heterocycles. The summed E-state index contributed by atoms with van der Waals surface area (Å²) in [4.78, 5) is 12.9. The van der Waals surface area contributed by atoms with Gasteiger partial charge in [-0.2, -0.15) is 4.98 Å². The van der Waals surface area contributed by atoms with Crippen LogP contribution < -0.4 is 11.1 Å². The molecule has 0 saturated heterocycles. The first kappa shape index (κ1) is 16.8. The van der Waals surface area contributed by atoms with E-state index in [2.05, 4.69) is 27.2 Å². The van der Waals surface area contributed by atoms with Crippen molar-refractivity contribution < 1.29 is 9.52 Å². The van der Waals surface area contributed by atoms with Gasteiger partial charge in [0, 0.05) is 24.2 Å². The summed E-state index contributed by atoms with van der Waals surface area (Å²) in [6.07, 6.45) is 5.34. The van der Waals surface area contributed by atoms with Crippen LogP contribution >= 0.6 is 0 Å². The predicted octanol–water partition coefficient (Wildman–Crippen LogP) is 2.99. The molecule has 3 atom stereocenters. The van der Waals surface area contributed by atoms with E-state index in [0.717, 1.165) is 35.1 Å². The maximum absolute atomic E-state index is 9.47. The minimum absolute atomic E-state index is 0.219. The number of furan rings is 1. The summed E-state index contributed by atoms with van der Waals surface area (Å²) >= 11 is 0. The highest BCUT2D eigenvalue weighted by Gasteiger charge is 2.32. The quantitative estimate of drug-likeness (QED) is 0.661. The first-order valence-corrected chi connectivity index (χ1v) is 8.90. The number of hydrogen-bond donors (Lipinski definition) is 3. The number of aliphatic hydroxyl groups is 1. The van der Waals surface area contributed by atoms with Gasteiger partial charge in [-0.25, -0.2) is 4.98 Å². The molecule has 1 saturated carbocycles. The van der Waals surface area contributed by atoms with Crippen molar-refractivity contribution in [3.05, 3.63) is 30.2 Å². The fraction of sp³-hybridized carbons (Fsp3) is 0.421. The number of aliphatic hydroxyl groups excluding tert-OH is 1. The van der Waals surface area contributed by atoms with Gasteiger partial charge >= 0.3 is 0 Å². The number of nitrogens with two attached hydrogens (primary N) is 1. The van der Waals surface area contributed by atoms with E-state index in [1.54, 1.807) is 12.4 Å². The van der Waals surface area contributed by atoms with Crippen LogP contribution in [0, 0.1) is 18.8 Å². The van der Waals surface area contributed by atoms with Crippen molar-refractivity contribution in [3.8, 4) is 11.3 Å². The second-order valence-electron chi connectivity index (χ2n) is 7.16. The largest absolute Gasteiger partial charge is 0.454 e. The highest BCUT2D eigenvalue weighted by Crippen LogP contribution is 2.37. The Morgan fingerprint density at radius 3 is 2.92 bits per heavy atom. The summed E-state index contributed by atoms with van der Waals surface area (Å²) in [6, 6.07) is 4.11. The third-order valence-corrected chi connectivity index (χ3v) is 5.24. The molecule has 0 amide bonds. The van der Waals surface area contributed by atoms with Gasteiger partial charge in [0.05, 0.1) is 17.5 Å². The molecule has 136 valence electrons. The van der Waals surface area contributed by atoms with Gasteiger partial charge in [0.1, 0.15) is 11.6 Å². The lowest BCUT2D eigenvalue weighted by molar-refractivity contribution is 0.226. The maximum Gasteiger partial charge on any atom is 0.222 e. The van der Waals surface area contributed by atoms with Crippen LogP contribution in [0.3, 0.4) is 0 Å². The van der Waals surface area contributed by atoms with Gasteiger partial charge in [-0.15, -0.1) is 0 Å². The summed E-state index contributed by atoms with van der Waals surface area (Å²) in [5.41, 5.74) is 8.20. The average molecular weight is 353 g/mol. The molecule has 1 unspecified atom stereocenters. The zero-order valence-electron chi connectivity index (χ0n) is 14.9. The Bertz CT molecular complexity index is 906. The van der Waals surface area contributed by atoms with Gasteiger partial charge < -0.3 is 20.6 Å². The zero-order chi connectivity index (χ0) is 18.3. The molecular formula is C19H23N5O2. The molecular weight excluding hydrogens is 330 g/mol. The second kappa shape index (κ2) is 6.57. The normalized spacial score (nSPS) is 22.8. The number of nitrogen functional groups attached to an aromatic ring is 1. The molecule has 0 bridgehead atoms. The Labute approximate surface area is 151 Å². The van der Waals surface area contributed by atoms with Crippen molar-refractivity contribution in [1.82, 2.24) is 15.0 Å². The standard InChI is InChI=1S/C19H23N5O2/c1-10-5-12(9-25)6-14(10)23-18-17(11(2)22-19(20)24-18)15-7-13-3-4-21-8-16(13)26-15/h3-4,7-8,10,12,14,25H,5-6,9H2,1-2H3,(H3,20,22,23,24)/t10-,12-,14?/m1/s1. The highest BCUT2D eigenvalue weighted by molar-refractivity contribution is 5.85. The van der Waals surface area contributed by atoms with Crippen LogP contribution in [0.2, 0.25) is 0 Å². The van der Waals surface area contributed by atoms with Crippen LogP contribution in [0.15, 0.2) is 28.9 Å². The number of nitrogens with one attached hydrogen (secondary N) is 1. The Hall–Kier alpha value is -2.67. The van der Waals surface area contributed by atoms with E-state index in [1.807, 2.05) is 19.1 Å². The number of rotatable bonds is 4. The molecule has 1 aliphatic rings. The summed E-state index contributed by atoms with van der Waals surface area (Å²) < 4.78 is 5.99. The molecule has 4 N–H and O–H groups in total. The first-order valence-electron chi connectivity index (χ1n) is 8.90. The zero-order valence-corrected chi connectivity index (χ0v) is 14.9. The molecule has 3 aromatic heterocycles. The number of fused-ring (bicyclic) bond motifs is 1. The molecule has 7 heteroatoms. The average Bonchev–Trinajstić information content (AvgIpc) is 3.17. The maximum atomic E-state index is 9.47. The van der Waals surface area contributed by atoms with Crippen molar-refractivity contribution in [3.63, 3.8) is 0 Å². The Balaban J connectivity index is 1.75. The van der Waals surface area contributed by atoms with E-state index in [1.165, 1.54) is 0 Å². The summed E-state index contributed by atoms with van der Waals surface area (Å²) in [6.45, 7) is 4.31. The van der Waals surface area contributed by atoms with Crippen molar-refractivity contribution in [2.75, 3.05) is 17.7 Å². The smallest absolute Gasteiger partial charge is 0.222 e. The number of hydrogen-bond acceptors (Lipinski definition) is 7. The second-order valence-corrected chi connectivity index (χ2v) is 7.16. The minimum Gasteiger partial charge on any atom is -0.454 e. The molecule has 3 aromatic rings. The van der Waals surface area contributed by atoms with Crippen LogP contribution in [0.5, 0.6) is 0 Å². The van der Waals surface area contributed by atoms with Gasteiger partial charge in [-0.3, -0.25) is 4.98 Å². The third-order valence-electron chi connectivity index (χ3n) is 5.24. The first-order chi connectivity index (χ1) is 12.5. The van der Waals surface area contributed by atoms with Crippen LogP contribution in [-0.4, -0.2) is 32.7 Å². The van der Waals surface area contributed by atoms with E-state index in [0.29, 0.717) is 23.4 Å². The van der Waals surface area contributed by atoms with E-state index < -0.39 is 0 Å². The van der Waals surface area contributed by atoms with E-state index >= 15 is 0 Å². The van der Waals surface area contributed by atoms with Crippen LogP contribution in [-0.2, 0) is 0 Å². The molecule has 0 radical (unpaired) electrons. The molecule has 1 aliphatic carbocycles. The fourth-order valence-electron chi connectivity index (χ4n) is 3.91. The Morgan fingerprint density at radius 2 is 2.19 bits per heavy atom. The summed E-state index contributed by atoms with van der Waals surface area (Å²) in [7, 11) is 0. The van der Waals surface area contributed by atoms with Gasteiger partial charge in [0.2, 0.25) is 5.95 Å². The van der Waals surface area contributed by atoms with Gasteiger partial charge in [-0.1, -0.05) is 6.92 Å². The molecule has 0 aromatic carbocycles. The van der Waals surface area contributed by atoms with Gasteiger partial charge in [-0.05, 0) is 43.7 Å². The van der Waals surface area contributed by atoms with Gasteiger partial charge in [0.25, 0.3) is 0 Å². The van der Waals surface area contributed by atoms with E-state index in [-0.39, 0.29) is 18.6 Å². The number of pyridine rings is 1. The van der Waals surface area contributed by atoms with E-state index in [4.69, 9.17) is 10.2 Å². The fourth-order valence-corrected chi connectivity index (χ4v) is 3.91. The van der Waals surface area contributed by atoms with Gasteiger partial charge in [0.15, 0.2) is 5.58 Å². The molecule has 7 nitrogen and oxygen atoms in total. The number of aromatic nitrogens is 3. The molecule has 26 heavy (non-hydrogen) atoms. The molecule has 4 rings (SSSR count). The highest BCUT2D eigenvalue weighted by atomic mass is 16.3. The lowest BCUT2D eigenvalue weighted by Gasteiger charge is -2.20. The Kier molecular flexibility index (Phi) is 4.24. The van der Waals surface area contributed by atoms with Crippen LogP contribution in [0.4, 0.5) is 11.8 Å². The lowest BCUT2D eigenvalue weighted by atomic mass is 10.1. The predicted molar refractivity (Wildman–Crippen MR) is 101 cm³/mol. The number of aryl methyl sites for hydroxylation is 1. The summed E-state index contributed by atoms with van der Waals surface area (Å²) in [5, 5.41) is 14.0. The molecule has 3 heterocycles. The molecule has 0 spiro atoms. The van der Waals surface area contributed by atoms with Crippen molar-refractivity contribution in [2.24, 2.45) is 11.8 Å². The van der Waals surface area contributed by atoms with Crippen LogP contribution in [0.25, 0.3) is 22.3 Å². The number of nitrogens with zero attached hydrogens (tertiary/aromatic N) is 3. The number of anilines is 2. The SMILES string of the molecule is Cc1nc(N)nc(NC2C[C@H](CO)C[C@H]2C)c1-c1cc2ccncc2o1. The lowest BCUT2D eigenvalue weighted by Crippen LogP contribution is -2.24. The Morgan fingerprint density at radius 1 is 1.35 bits per heavy atom. The van der Waals surface area contributed by atoms with Crippen molar-refractivity contribution >= 4 is 22.7 Å². The summed E-state index contributed by atoms with van der Waals surface area (Å²) in [5.74, 6) is 2.37. The molecule has 1 fully saturated rings. The van der Waals surface area contributed by atoms with Crippen molar-refractivity contribution in [2.45, 2.75) is 32.7 Å². The monoisotopic (exact) mass is 353 g/mol. The van der Waals surface area contributed by atoms with Crippen LogP contribution in [0.1, 0.15) is 25.5 Å².